The fourth-order valence-electron chi connectivity index (χ4n) is 2.42. The number of ether oxygens (including phenoxy) is 1. The Balaban J connectivity index is 3.30. The predicted octanol–water partition coefficient (Wildman–Crippen LogP) is 5.44. The molecule has 0 saturated carbocycles. The van der Waals surface area contributed by atoms with Crippen molar-refractivity contribution in [2.24, 2.45) is 0 Å². The molecule has 0 aromatic rings. The van der Waals surface area contributed by atoms with Crippen molar-refractivity contribution in [3.63, 3.8) is 0 Å². The second-order valence-corrected chi connectivity index (χ2v) is 20.1. The Morgan fingerprint density at radius 2 is 1.26 bits per heavy atom. The van der Waals surface area contributed by atoms with E-state index in [1.54, 1.807) is 0 Å². The smallest absolute Gasteiger partial charge is 0.411 e. The van der Waals surface area contributed by atoms with Crippen LogP contribution in [0.5, 0.6) is 0 Å². The third-order valence-electron chi connectivity index (χ3n) is 6.21. The molecule has 1 fully saturated rings. The van der Waals surface area contributed by atoms with Crippen LogP contribution in [0.4, 0.5) is 13.2 Å². The van der Waals surface area contributed by atoms with Gasteiger partial charge in [-0.1, -0.05) is 41.5 Å². The fraction of sp³-hybridized carbons (Fsp3) is 1.00. The minimum atomic E-state index is -4.65. The van der Waals surface area contributed by atoms with Crippen LogP contribution in [0.3, 0.4) is 0 Å². The van der Waals surface area contributed by atoms with Gasteiger partial charge in [0.25, 0.3) is 0 Å². The van der Waals surface area contributed by atoms with Gasteiger partial charge in [-0.2, -0.15) is 13.2 Å². The minimum Gasteiger partial charge on any atom is -0.411 e. The molecule has 1 saturated heterocycles. The van der Waals surface area contributed by atoms with E-state index in [1.165, 1.54) is 0 Å². The third kappa shape index (κ3) is 6.02. The van der Waals surface area contributed by atoms with Gasteiger partial charge in [0.2, 0.25) is 0 Å². The Bertz CT molecular complexity index is 510. The van der Waals surface area contributed by atoms with Crippen LogP contribution in [-0.4, -0.2) is 52.5 Å². The fourth-order valence-corrected chi connectivity index (χ4v) is 5.07. The van der Waals surface area contributed by atoms with Gasteiger partial charge in [-0.05, 0) is 36.3 Å². The number of hydrogen-bond donors (Lipinski definition) is 1. The molecule has 0 bridgehead atoms. The van der Waals surface area contributed by atoms with Gasteiger partial charge in [-0.25, -0.2) is 0 Å². The largest absolute Gasteiger partial charge is 0.417 e. The van der Waals surface area contributed by atoms with E-state index in [0.717, 1.165) is 0 Å². The maximum atomic E-state index is 13.7. The molecule has 1 unspecified atom stereocenters. The number of alkyl halides is 3. The van der Waals surface area contributed by atoms with E-state index in [2.05, 4.69) is 0 Å². The topological polar surface area (TPSA) is 47.9 Å². The molecule has 0 aromatic carbocycles. The van der Waals surface area contributed by atoms with Gasteiger partial charge in [-0.15, -0.1) is 0 Å². The molecule has 1 aliphatic rings. The second-order valence-electron chi connectivity index (χ2n) is 10.5. The standard InChI is InChI=1S/C18H37F3O4Si2/c1-16(2,3)26(7,8)24-12-11-13(22)23-15(18(19,20)21)14(12)25-27(9,10)17(4,5)6/h12-15,22H,11H2,1-10H3/t12-,13?,14-,15-/m0/s1. The molecule has 0 spiro atoms. The summed E-state index contributed by atoms with van der Waals surface area (Å²) in [7, 11) is -4.90. The lowest BCUT2D eigenvalue weighted by Gasteiger charge is -2.49. The number of aliphatic hydroxyl groups excluding tert-OH is 1. The van der Waals surface area contributed by atoms with Gasteiger partial charge in [0.1, 0.15) is 6.10 Å². The van der Waals surface area contributed by atoms with Crippen molar-refractivity contribution < 1.29 is 31.9 Å². The third-order valence-corrected chi connectivity index (χ3v) is 15.2. The van der Waals surface area contributed by atoms with Crippen molar-refractivity contribution in [2.75, 3.05) is 0 Å². The van der Waals surface area contributed by atoms with Crippen molar-refractivity contribution >= 4 is 16.6 Å². The van der Waals surface area contributed by atoms with Gasteiger partial charge in [0, 0.05) is 6.42 Å². The highest BCUT2D eigenvalue weighted by Gasteiger charge is 2.57. The first-order valence-electron chi connectivity index (χ1n) is 9.45. The van der Waals surface area contributed by atoms with Crippen LogP contribution in [0.25, 0.3) is 0 Å². The quantitative estimate of drug-likeness (QED) is 0.604. The van der Waals surface area contributed by atoms with Gasteiger partial charge in [-0.3, -0.25) is 0 Å². The average Bonchev–Trinajstić information content (AvgIpc) is 2.36. The van der Waals surface area contributed by atoms with Crippen LogP contribution < -0.4 is 0 Å². The number of rotatable bonds is 4. The molecule has 4 atom stereocenters. The van der Waals surface area contributed by atoms with Crippen molar-refractivity contribution in [3.8, 4) is 0 Å². The van der Waals surface area contributed by atoms with Crippen LogP contribution in [-0.2, 0) is 13.6 Å². The lowest BCUT2D eigenvalue weighted by Crippen LogP contribution is -2.62. The Hall–Kier alpha value is 0.0638. The molecular formula is C18H37F3O4Si2. The molecular weight excluding hydrogens is 393 g/mol. The molecule has 1 N–H and O–H groups in total. The molecule has 0 aliphatic carbocycles. The van der Waals surface area contributed by atoms with E-state index >= 15 is 0 Å². The summed E-state index contributed by atoms with van der Waals surface area (Å²) in [5.41, 5.74) is 0. The Morgan fingerprint density at radius 1 is 0.852 bits per heavy atom. The van der Waals surface area contributed by atoms with Gasteiger partial charge >= 0.3 is 6.18 Å². The lowest BCUT2D eigenvalue weighted by atomic mass is 10.0. The Kier molecular flexibility index (Phi) is 7.17. The van der Waals surface area contributed by atoms with E-state index in [1.807, 2.05) is 67.7 Å². The molecule has 0 radical (unpaired) electrons. The van der Waals surface area contributed by atoms with E-state index in [4.69, 9.17) is 13.6 Å². The van der Waals surface area contributed by atoms with Crippen molar-refractivity contribution in [2.45, 2.75) is 115 Å². The SMILES string of the molecule is CC(C)(C)[Si](C)(C)O[C@H]1[C@@H](O[Si](C)(C)C(C)(C)C)CC(O)O[C@@H]1C(F)(F)F. The zero-order valence-electron chi connectivity index (χ0n) is 18.3. The zero-order valence-corrected chi connectivity index (χ0v) is 20.3. The molecule has 0 aromatic heterocycles. The maximum absolute atomic E-state index is 13.7. The summed E-state index contributed by atoms with van der Waals surface area (Å²) in [6.45, 7) is 19.8. The molecule has 27 heavy (non-hydrogen) atoms. The first-order chi connectivity index (χ1) is 11.7. The Morgan fingerprint density at radius 3 is 1.63 bits per heavy atom. The normalized spacial score (nSPS) is 29.1. The average molecular weight is 431 g/mol. The molecule has 1 aliphatic heterocycles. The van der Waals surface area contributed by atoms with Crippen LogP contribution in [0.2, 0.25) is 36.3 Å². The monoisotopic (exact) mass is 430 g/mol. The highest BCUT2D eigenvalue weighted by atomic mass is 28.4. The van der Waals surface area contributed by atoms with Gasteiger partial charge in [0.05, 0.1) is 6.10 Å². The first kappa shape index (κ1) is 25.1. The second kappa shape index (κ2) is 7.72. The van der Waals surface area contributed by atoms with Crippen LogP contribution in [0, 0.1) is 0 Å². The van der Waals surface area contributed by atoms with Crippen LogP contribution in [0.15, 0.2) is 0 Å². The Labute approximate surface area is 164 Å². The van der Waals surface area contributed by atoms with Crippen molar-refractivity contribution in [1.29, 1.82) is 0 Å². The number of hydrogen-bond acceptors (Lipinski definition) is 4. The van der Waals surface area contributed by atoms with E-state index < -0.39 is 47.4 Å². The summed E-state index contributed by atoms with van der Waals surface area (Å²) >= 11 is 0. The lowest BCUT2D eigenvalue weighted by molar-refractivity contribution is -0.316. The highest BCUT2D eigenvalue weighted by Crippen LogP contribution is 2.44. The molecule has 4 nitrogen and oxygen atoms in total. The number of halogens is 3. The minimum absolute atomic E-state index is 0.0294. The van der Waals surface area contributed by atoms with E-state index in [0.29, 0.717) is 0 Å². The summed E-state index contributed by atoms with van der Waals surface area (Å²) in [4.78, 5) is 0. The summed E-state index contributed by atoms with van der Waals surface area (Å²) < 4.78 is 58.6. The van der Waals surface area contributed by atoms with E-state index in [-0.39, 0.29) is 16.5 Å². The molecule has 1 rings (SSSR count). The van der Waals surface area contributed by atoms with Crippen molar-refractivity contribution in [3.05, 3.63) is 0 Å². The molecule has 1 heterocycles. The van der Waals surface area contributed by atoms with Gasteiger partial charge < -0.3 is 18.7 Å². The van der Waals surface area contributed by atoms with Gasteiger partial charge in [0.15, 0.2) is 29.0 Å². The highest BCUT2D eigenvalue weighted by molar-refractivity contribution is 6.74. The summed E-state index contributed by atoms with van der Waals surface area (Å²) in [6, 6.07) is 0. The number of aliphatic hydroxyl groups is 1. The van der Waals surface area contributed by atoms with E-state index in [9.17, 15) is 18.3 Å². The molecule has 0 amide bonds. The predicted molar refractivity (Wildman–Crippen MR) is 106 cm³/mol. The maximum Gasteiger partial charge on any atom is 0.417 e. The van der Waals surface area contributed by atoms with Crippen LogP contribution in [0.1, 0.15) is 48.0 Å². The van der Waals surface area contributed by atoms with Crippen molar-refractivity contribution in [1.82, 2.24) is 0 Å². The molecule has 9 heteroatoms. The van der Waals surface area contributed by atoms with Crippen LogP contribution >= 0.6 is 0 Å². The summed E-state index contributed by atoms with van der Waals surface area (Å²) in [5.74, 6) is 0. The summed E-state index contributed by atoms with van der Waals surface area (Å²) in [5, 5.41) is 9.52. The first-order valence-corrected chi connectivity index (χ1v) is 15.3. The summed E-state index contributed by atoms with van der Waals surface area (Å²) in [6.07, 6.45) is -10.6. The molecule has 162 valence electrons. The zero-order chi connectivity index (χ0) is 21.6.